The molecule has 4 rings (SSSR count). The predicted molar refractivity (Wildman–Crippen MR) is 137 cm³/mol. The van der Waals surface area contributed by atoms with E-state index < -0.39 is 23.2 Å². The summed E-state index contributed by atoms with van der Waals surface area (Å²) < 4.78 is 29.5. The number of aromatic nitrogens is 1. The average molecular weight is 514 g/mol. The molecule has 2 aromatic heterocycles. The number of carboxylic acid groups (broad SMARTS) is 1. The second kappa shape index (κ2) is 10.9. The van der Waals surface area contributed by atoms with E-state index in [0.29, 0.717) is 41.0 Å². The molecule has 9 nitrogen and oxygen atoms in total. The first kappa shape index (κ1) is 26.0. The Labute approximate surface area is 212 Å². The highest BCUT2D eigenvalue weighted by Gasteiger charge is 2.31. The number of nitrogens with zero attached hydrogens (tertiary/aromatic N) is 2. The van der Waals surface area contributed by atoms with Crippen molar-refractivity contribution in [3.05, 3.63) is 52.7 Å². The van der Waals surface area contributed by atoms with E-state index in [2.05, 4.69) is 5.32 Å². The number of pyridine rings is 1. The molecule has 192 valence electrons. The summed E-state index contributed by atoms with van der Waals surface area (Å²) in [5, 5.41) is 12.4. The van der Waals surface area contributed by atoms with Gasteiger partial charge >= 0.3 is 5.97 Å². The standard InChI is InChI=1S/C26H31N3O6S/c1-15-6-8-18(9-7-15)23-22(24(30)27-3)20-13-19(17-10-11-17)21(28-25(20)35-23)14-29(36(33)34)12-4-5-16(2)26(31)32/h6-9,13,16-17H,4-5,10-12,14H2,1-3H3,(H,27,30)(H,31,32)(H,33,34)/t16-/m0/s1. The van der Waals surface area contributed by atoms with Gasteiger partial charge in [-0.2, -0.15) is 4.31 Å². The van der Waals surface area contributed by atoms with Crippen molar-refractivity contribution in [2.24, 2.45) is 5.92 Å². The Bertz CT molecular complexity index is 1300. The van der Waals surface area contributed by atoms with Crippen molar-refractivity contribution in [1.29, 1.82) is 0 Å². The van der Waals surface area contributed by atoms with Crippen LogP contribution in [-0.2, 0) is 22.6 Å². The number of carbonyl (C=O) groups excluding carboxylic acids is 1. The van der Waals surface area contributed by atoms with Crippen LogP contribution in [-0.4, -0.2) is 48.6 Å². The van der Waals surface area contributed by atoms with Crippen LogP contribution in [0.5, 0.6) is 0 Å². The smallest absolute Gasteiger partial charge is 0.306 e. The molecule has 10 heteroatoms. The van der Waals surface area contributed by atoms with Gasteiger partial charge in [0, 0.05) is 19.2 Å². The molecule has 0 bridgehead atoms. The quantitative estimate of drug-likeness (QED) is 0.322. The van der Waals surface area contributed by atoms with Crippen molar-refractivity contribution >= 4 is 34.2 Å². The van der Waals surface area contributed by atoms with Crippen LogP contribution in [0.3, 0.4) is 0 Å². The zero-order chi connectivity index (χ0) is 26.0. The second-order valence-electron chi connectivity index (χ2n) is 9.38. The normalized spacial score (nSPS) is 15.2. The van der Waals surface area contributed by atoms with E-state index in [0.717, 1.165) is 29.5 Å². The first-order valence-corrected chi connectivity index (χ1v) is 13.1. The second-order valence-corrected chi connectivity index (χ2v) is 10.4. The van der Waals surface area contributed by atoms with Gasteiger partial charge in [0.1, 0.15) is 5.76 Å². The number of fused-ring (bicyclic) bond motifs is 1. The molecular formula is C26H31N3O6S. The van der Waals surface area contributed by atoms with Gasteiger partial charge in [-0.05, 0) is 50.2 Å². The fourth-order valence-corrected chi connectivity index (χ4v) is 4.80. The Morgan fingerprint density at radius 2 is 1.97 bits per heavy atom. The van der Waals surface area contributed by atoms with Crippen molar-refractivity contribution in [3.8, 4) is 11.3 Å². The fraction of sp³-hybridized carbons (Fsp3) is 0.423. The SMILES string of the molecule is CNC(=O)c1c(-c2ccc(C)cc2)oc2nc(CN(CCC[C@H](C)C(=O)O)S(=O)O)c(C3CC3)cc12. The Balaban J connectivity index is 1.72. The number of carboxylic acids is 1. The summed E-state index contributed by atoms with van der Waals surface area (Å²) >= 11 is -2.25. The Hall–Kier alpha value is -3.08. The number of hydrogen-bond acceptors (Lipinski definition) is 5. The highest BCUT2D eigenvalue weighted by molar-refractivity contribution is 7.76. The third-order valence-electron chi connectivity index (χ3n) is 6.59. The van der Waals surface area contributed by atoms with Gasteiger partial charge < -0.3 is 14.8 Å². The molecule has 1 fully saturated rings. The Morgan fingerprint density at radius 3 is 2.56 bits per heavy atom. The van der Waals surface area contributed by atoms with Crippen molar-refractivity contribution in [1.82, 2.24) is 14.6 Å². The van der Waals surface area contributed by atoms with Gasteiger partial charge in [0.25, 0.3) is 5.91 Å². The fourth-order valence-electron chi connectivity index (χ4n) is 4.28. The summed E-state index contributed by atoms with van der Waals surface area (Å²) in [6.45, 7) is 3.97. The topological polar surface area (TPSA) is 133 Å². The highest BCUT2D eigenvalue weighted by atomic mass is 32.2. The first-order valence-electron chi connectivity index (χ1n) is 12.0. The van der Waals surface area contributed by atoms with E-state index in [1.807, 2.05) is 37.3 Å². The monoisotopic (exact) mass is 513 g/mol. The van der Waals surface area contributed by atoms with Gasteiger partial charge in [0.2, 0.25) is 17.0 Å². The molecule has 2 atom stereocenters. The summed E-state index contributed by atoms with van der Waals surface area (Å²) in [6.07, 6.45) is 2.82. The van der Waals surface area contributed by atoms with Crippen LogP contribution in [0.25, 0.3) is 22.4 Å². The van der Waals surface area contributed by atoms with E-state index in [-0.39, 0.29) is 24.9 Å². The lowest BCUT2D eigenvalue weighted by Crippen LogP contribution is -2.28. The number of aliphatic carboxylic acids is 1. The maximum Gasteiger partial charge on any atom is 0.306 e. The summed E-state index contributed by atoms with van der Waals surface area (Å²) in [4.78, 5) is 28.7. The van der Waals surface area contributed by atoms with E-state index >= 15 is 0 Å². The summed E-state index contributed by atoms with van der Waals surface area (Å²) in [5.41, 5.74) is 4.14. The first-order chi connectivity index (χ1) is 17.2. The van der Waals surface area contributed by atoms with Gasteiger partial charge in [-0.25, -0.2) is 9.19 Å². The molecule has 3 aromatic rings. The third kappa shape index (κ3) is 5.66. The molecule has 1 amide bonds. The number of rotatable bonds is 11. The number of nitrogens with one attached hydrogen (secondary N) is 1. The molecule has 2 heterocycles. The molecule has 1 unspecified atom stereocenters. The molecule has 0 aliphatic heterocycles. The zero-order valence-corrected chi connectivity index (χ0v) is 21.4. The predicted octanol–water partition coefficient (Wildman–Crippen LogP) is 4.48. The summed E-state index contributed by atoms with van der Waals surface area (Å²) in [6, 6.07) is 9.63. The molecule has 0 radical (unpaired) electrons. The van der Waals surface area contributed by atoms with Gasteiger partial charge in [0.15, 0.2) is 0 Å². The van der Waals surface area contributed by atoms with Crippen LogP contribution in [0.4, 0.5) is 0 Å². The third-order valence-corrected chi connectivity index (χ3v) is 7.35. The Morgan fingerprint density at radius 1 is 1.28 bits per heavy atom. The number of amides is 1. The minimum Gasteiger partial charge on any atom is -0.481 e. The van der Waals surface area contributed by atoms with E-state index in [1.165, 1.54) is 4.31 Å². The lowest BCUT2D eigenvalue weighted by molar-refractivity contribution is -0.141. The zero-order valence-electron chi connectivity index (χ0n) is 20.6. The molecule has 36 heavy (non-hydrogen) atoms. The van der Waals surface area contributed by atoms with E-state index in [4.69, 9.17) is 14.5 Å². The number of hydrogen-bond donors (Lipinski definition) is 3. The maximum absolute atomic E-state index is 12.9. The van der Waals surface area contributed by atoms with Crippen molar-refractivity contribution in [2.45, 2.75) is 52.0 Å². The van der Waals surface area contributed by atoms with Crippen molar-refractivity contribution in [2.75, 3.05) is 13.6 Å². The van der Waals surface area contributed by atoms with Gasteiger partial charge in [-0.15, -0.1) is 0 Å². The van der Waals surface area contributed by atoms with Crippen LogP contribution < -0.4 is 5.32 Å². The number of aryl methyl sites for hydroxylation is 1. The van der Waals surface area contributed by atoms with Gasteiger partial charge in [-0.3, -0.25) is 14.1 Å². The van der Waals surface area contributed by atoms with Crippen molar-refractivity contribution in [3.63, 3.8) is 0 Å². The molecule has 3 N–H and O–H groups in total. The number of carbonyl (C=O) groups is 2. The largest absolute Gasteiger partial charge is 0.481 e. The molecule has 1 aliphatic rings. The summed E-state index contributed by atoms with van der Waals surface area (Å²) in [7, 11) is 1.57. The summed E-state index contributed by atoms with van der Waals surface area (Å²) in [5.74, 6) is -0.980. The number of benzene rings is 1. The van der Waals surface area contributed by atoms with Gasteiger partial charge in [0.05, 0.1) is 29.1 Å². The molecule has 1 saturated carbocycles. The van der Waals surface area contributed by atoms with E-state index in [1.54, 1.807) is 14.0 Å². The minimum atomic E-state index is -2.25. The van der Waals surface area contributed by atoms with Crippen LogP contribution in [0.2, 0.25) is 0 Å². The molecule has 1 aromatic carbocycles. The Kier molecular flexibility index (Phi) is 7.87. The lowest BCUT2D eigenvalue weighted by atomic mass is 10.0. The van der Waals surface area contributed by atoms with Crippen LogP contribution in [0, 0.1) is 12.8 Å². The van der Waals surface area contributed by atoms with Crippen molar-refractivity contribution < 1.29 is 27.9 Å². The van der Waals surface area contributed by atoms with Crippen LogP contribution in [0.15, 0.2) is 34.7 Å². The molecule has 1 aliphatic carbocycles. The lowest BCUT2D eigenvalue weighted by Gasteiger charge is -2.19. The highest BCUT2D eigenvalue weighted by Crippen LogP contribution is 2.44. The average Bonchev–Trinajstić information content (AvgIpc) is 3.63. The molecule has 0 saturated heterocycles. The molecule has 0 spiro atoms. The van der Waals surface area contributed by atoms with Gasteiger partial charge in [-0.1, -0.05) is 36.8 Å². The van der Waals surface area contributed by atoms with E-state index in [9.17, 15) is 18.4 Å². The molecular weight excluding hydrogens is 482 g/mol. The van der Waals surface area contributed by atoms with Crippen LogP contribution >= 0.6 is 0 Å². The number of furan rings is 1. The minimum absolute atomic E-state index is 0.113. The maximum atomic E-state index is 12.9. The van der Waals surface area contributed by atoms with Crippen LogP contribution in [0.1, 0.15) is 65.7 Å².